The lowest BCUT2D eigenvalue weighted by Gasteiger charge is -2.03. The smallest absolute Gasteiger partial charge is 0.274 e. The third-order valence-electron chi connectivity index (χ3n) is 1.22. The van der Waals surface area contributed by atoms with Gasteiger partial charge in [0.1, 0.15) is 5.75 Å². The first-order chi connectivity index (χ1) is 5.72. The van der Waals surface area contributed by atoms with Gasteiger partial charge in [0, 0.05) is 0 Å². The molecule has 0 spiro atoms. The summed E-state index contributed by atoms with van der Waals surface area (Å²) >= 11 is 0. The van der Waals surface area contributed by atoms with Crippen molar-refractivity contribution in [3.8, 4) is 5.75 Å². The van der Waals surface area contributed by atoms with E-state index in [9.17, 15) is 0 Å². The number of hydrogen-bond acceptors (Lipinski definition) is 4. The SMILES string of the molecule is C=C(O)Oc1ccc(NO)cc1. The molecule has 0 aromatic heterocycles. The Morgan fingerprint density at radius 3 is 2.33 bits per heavy atom. The van der Waals surface area contributed by atoms with E-state index in [-0.39, 0.29) is 5.95 Å². The molecule has 0 unspecified atom stereocenters. The summed E-state index contributed by atoms with van der Waals surface area (Å²) in [5.74, 6) is 0.0983. The Bertz CT molecular complexity index is 268. The maximum atomic E-state index is 8.65. The van der Waals surface area contributed by atoms with Gasteiger partial charge in [0.25, 0.3) is 5.95 Å². The minimum atomic E-state index is -0.361. The molecule has 0 aliphatic rings. The average molecular weight is 167 g/mol. The highest BCUT2D eigenvalue weighted by Gasteiger charge is 1.94. The van der Waals surface area contributed by atoms with Gasteiger partial charge in [0.15, 0.2) is 0 Å². The predicted molar refractivity (Wildman–Crippen MR) is 44.2 cm³/mol. The summed E-state index contributed by atoms with van der Waals surface area (Å²) in [5.41, 5.74) is 2.51. The Morgan fingerprint density at radius 2 is 1.92 bits per heavy atom. The number of benzene rings is 1. The molecule has 0 heterocycles. The molecule has 0 aliphatic carbocycles. The van der Waals surface area contributed by atoms with Crippen molar-refractivity contribution in [3.05, 3.63) is 36.8 Å². The summed E-state index contributed by atoms with van der Waals surface area (Å²) in [6, 6.07) is 6.36. The molecule has 0 aliphatic heterocycles. The third kappa shape index (κ3) is 2.17. The van der Waals surface area contributed by atoms with Crippen molar-refractivity contribution in [2.24, 2.45) is 0 Å². The van der Waals surface area contributed by atoms with Crippen LogP contribution in [0.4, 0.5) is 5.69 Å². The van der Waals surface area contributed by atoms with Gasteiger partial charge in [-0.05, 0) is 30.8 Å². The van der Waals surface area contributed by atoms with Crippen molar-refractivity contribution in [2.75, 3.05) is 5.48 Å². The molecule has 1 aromatic rings. The van der Waals surface area contributed by atoms with Crippen LogP contribution < -0.4 is 10.2 Å². The zero-order valence-corrected chi connectivity index (χ0v) is 6.32. The number of ether oxygens (including phenoxy) is 1. The molecule has 0 saturated carbocycles. The fourth-order valence-electron chi connectivity index (χ4n) is 0.734. The van der Waals surface area contributed by atoms with Gasteiger partial charge in [-0.2, -0.15) is 0 Å². The Labute approximate surface area is 69.7 Å². The highest BCUT2D eigenvalue weighted by molar-refractivity contribution is 5.44. The van der Waals surface area contributed by atoms with Gasteiger partial charge >= 0.3 is 0 Å². The summed E-state index contributed by atoms with van der Waals surface area (Å²) in [6.45, 7) is 3.16. The van der Waals surface area contributed by atoms with Crippen molar-refractivity contribution in [1.82, 2.24) is 0 Å². The molecule has 12 heavy (non-hydrogen) atoms. The van der Waals surface area contributed by atoms with Gasteiger partial charge in [-0.3, -0.25) is 10.7 Å². The van der Waals surface area contributed by atoms with E-state index in [1.54, 1.807) is 24.3 Å². The Kier molecular flexibility index (Phi) is 2.55. The maximum Gasteiger partial charge on any atom is 0.274 e. The Morgan fingerprint density at radius 1 is 1.33 bits per heavy atom. The van der Waals surface area contributed by atoms with E-state index < -0.39 is 0 Å². The second kappa shape index (κ2) is 3.64. The second-order valence-electron chi connectivity index (χ2n) is 2.13. The highest BCUT2D eigenvalue weighted by Crippen LogP contribution is 2.15. The summed E-state index contributed by atoms with van der Waals surface area (Å²) in [6.07, 6.45) is 0. The van der Waals surface area contributed by atoms with Crippen LogP contribution in [0.25, 0.3) is 0 Å². The van der Waals surface area contributed by atoms with Gasteiger partial charge in [-0.1, -0.05) is 0 Å². The summed E-state index contributed by atoms with van der Waals surface area (Å²) in [4.78, 5) is 0. The first kappa shape index (κ1) is 8.42. The van der Waals surface area contributed by atoms with E-state index in [0.29, 0.717) is 11.4 Å². The largest absolute Gasteiger partial charge is 0.481 e. The van der Waals surface area contributed by atoms with E-state index in [2.05, 4.69) is 6.58 Å². The van der Waals surface area contributed by atoms with E-state index in [1.165, 1.54) is 0 Å². The van der Waals surface area contributed by atoms with E-state index in [1.807, 2.05) is 5.48 Å². The van der Waals surface area contributed by atoms with Crippen molar-refractivity contribution >= 4 is 5.69 Å². The van der Waals surface area contributed by atoms with Crippen LogP contribution in [-0.2, 0) is 0 Å². The first-order valence-electron chi connectivity index (χ1n) is 3.28. The van der Waals surface area contributed by atoms with Gasteiger partial charge in [-0.25, -0.2) is 0 Å². The lowest BCUT2D eigenvalue weighted by Crippen LogP contribution is -1.92. The van der Waals surface area contributed by atoms with Crippen LogP contribution in [0.2, 0.25) is 0 Å². The van der Waals surface area contributed by atoms with E-state index in [4.69, 9.17) is 15.1 Å². The minimum absolute atomic E-state index is 0.361. The van der Waals surface area contributed by atoms with Crippen molar-refractivity contribution in [1.29, 1.82) is 0 Å². The number of aliphatic hydroxyl groups excluding tert-OH is 1. The van der Waals surface area contributed by atoms with Crippen LogP contribution >= 0.6 is 0 Å². The second-order valence-corrected chi connectivity index (χ2v) is 2.13. The van der Waals surface area contributed by atoms with E-state index in [0.717, 1.165) is 0 Å². The summed E-state index contributed by atoms with van der Waals surface area (Å²) < 4.78 is 4.77. The van der Waals surface area contributed by atoms with Crippen molar-refractivity contribution in [2.45, 2.75) is 0 Å². The molecule has 1 rings (SSSR count). The molecule has 3 N–H and O–H groups in total. The van der Waals surface area contributed by atoms with Crippen LogP contribution in [-0.4, -0.2) is 10.3 Å². The molecule has 64 valence electrons. The molecule has 4 nitrogen and oxygen atoms in total. The summed E-state index contributed by atoms with van der Waals surface area (Å²) in [5, 5.41) is 17.1. The molecule has 0 fully saturated rings. The first-order valence-corrected chi connectivity index (χ1v) is 3.28. The topological polar surface area (TPSA) is 61.7 Å². The molecule has 0 radical (unpaired) electrons. The zero-order valence-electron chi connectivity index (χ0n) is 6.32. The standard InChI is InChI=1S/C8H9NO3/c1-6(10)12-8-4-2-7(9-11)3-5-8/h2-5,9-11H,1H2. The van der Waals surface area contributed by atoms with Crippen LogP contribution in [0.5, 0.6) is 5.75 Å². The van der Waals surface area contributed by atoms with Crippen LogP contribution in [0.1, 0.15) is 0 Å². The monoisotopic (exact) mass is 167 g/mol. The van der Waals surface area contributed by atoms with Crippen LogP contribution in [0.3, 0.4) is 0 Å². The van der Waals surface area contributed by atoms with Gasteiger partial charge in [-0.15, -0.1) is 0 Å². The molecular formula is C8H9NO3. The molecule has 0 amide bonds. The van der Waals surface area contributed by atoms with Crippen molar-refractivity contribution < 1.29 is 15.1 Å². The quantitative estimate of drug-likeness (QED) is 0.475. The number of aliphatic hydroxyl groups is 1. The third-order valence-corrected chi connectivity index (χ3v) is 1.22. The fourth-order valence-corrected chi connectivity index (χ4v) is 0.734. The lowest BCUT2D eigenvalue weighted by molar-refractivity contribution is 0.211. The Balaban J connectivity index is 2.71. The minimum Gasteiger partial charge on any atom is -0.481 e. The molecule has 0 saturated heterocycles. The number of hydrogen-bond donors (Lipinski definition) is 3. The van der Waals surface area contributed by atoms with Crippen LogP contribution in [0.15, 0.2) is 36.8 Å². The highest BCUT2D eigenvalue weighted by atomic mass is 16.6. The predicted octanol–water partition coefficient (Wildman–Crippen LogP) is 1.90. The normalized spacial score (nSPS) is 9.08. The molecule has 0 atom stereocenters. The van der Waals surface area contributed by atoms with Gasteiger partial charge in [0.05, 0.1) is 5.69 Å². The maximum absolute atomic E-state index is 8.65. The number of nitrogens with one attached hydrogen (secondary N) is 1. The molecule has 0 bridgehead atoms. The molecular weight excluding hydrogens is 158 g/mol. The van der Waals surface area contributed by atoms with Gasteiger partial charge in [0.2, 0.25) is 0 Å². The van der Waals surface area contributed by atoms with Gasteiger partial charge < -0.3 is 9.84 Å². The van der Waals surface area contributed by atoms with Crippen molar-refractivity contribution in [3.63, 3.8) is 0 Å². The summed E-state index contributed by atoms with van der Waals surface area (Å²) in [7, 11) is 0. The zero-order chi connectivity index (χ0) is 8.97. The fraction of sp³-hybridized carbons (Fsp3) is 0. The van der Waals surface area contributed by atoms with Crippen LogP contribution in [0, 0.1) is 0 Å². The molecule has 4 heteroatoms. The number of anilines is 1. The lowest BCUT2D eigenvalue weighted by atomic mass is 10.3. The number of rotatable bonds is 3. The Hall–Kier alpha value is -1.68. The average Bonchev–Trinajstić information content (AvgIpc) is 2.05. The van der Waals surface area contributed by atoms with E-state index >= 15 is 0 Å². The molecule has 1 aromatic carbocycles.